The fourth-order valence-electron chi connectivity index (χ4n) is 9.41. The van der Waals surface area contributed by atoms with Gasteiger partial charge in [-0.05, 0) is 86.4 Å². The van der Waals surface area contributed by atoms with Crippen molar-refractivity contribution in [3.05, 3.63) is 89.4 Å². The Morgan fingerprint density at radius 2 is 1.61 bits per heavy atom. The molecular formula is C47H55N9O7S. The van der Waals surface area contributed by atoms with E-state index in [9.17, 15) is 33.6 Å². The fourth-order valence-corrected chi connectivity index (χ4v) is 10.4. The molecule has 2 aromatic heterocycles. The number of amides is 7. The van der Waals surface area contributed by atoms with Crippen LogP contribution >= 0.6 is 11.8 Å². The third-order valence-corrected chi connectivity index (χ3v) is 14.1. The summed E-state index contributed by atoms with van der Waals surface area (Å²) in [6.07, 6.45) is 15.5. The lowest BCUT2D eigenvalue weighted by atomic mass is 9.91. The maximum atomic E-state index is 13.5. The van der Waals surface area contributed by atoms with Crippen LogP contribution in [0.2, 0.25) is 0 Å². The molecule has 4 fully saturated rings. The second-order valence-corrected chi connectivity index (χ2v) is 18.1. The number of piperazine rings is 1. The van der Waals surface area contributed by atoms with Crippen molar-refractivity contribution in [1.82, 2.24) is 40.2 Å². The summed E-state index contributed by atoms with van der Waals surface area (Å²) in [6.45, 7) is 6.60. The predicted molar refractivity (Wildman–Crippen MR) is 240 cm³/mol. The molecule has 0 spiro atoms. The van der Waals surface area contributed by atoms with Crippen LogP contribution in [0.4, 0.5) is 5.82 Å². The second-order valence-electron chi connectivity index (χ2n) is 17.1. The molecule has 8 rings (SSSR count). The van der Waals surface area contributed by atoms with Gasteiger partial charge in [0.2, 0.25) is 23.6 Å². The molecule has 336 valence electrons. The molecule has 16 nitrogen and oxygen atoms in total. The van der Waals surface area contributed by atoms with Gasteiger partial charge in [0, 0.05) is 101 Å². The van der Waals surface area contributed by atoms with Gasteiger partial charge in [-0.15, -0.1) is 11.8 Å². The molecule has 2 N–H and O–H groups in total. The van der Waals surface area contributed by atoms with Crippen molar-refractivity contribution in [2.75, 3.05) is 69.6 Å². The Labute approximate surface area is 377 Å². The van der Waals surface area contributed by atoms with Gasteiger partial charge in [0.05, 0.1) is 22.4 Å². The Balaban J connectivity index is 0.712. The van der Waals surface area contributed by atoms with Gasteiger partial charge in [0.1, 0.15) is 11.9 Å². The van der Waals surface area contributed by atoms with E-state index in [1.54, 1.807) is 42.9 Å². The van der Waals surface area contributed by atoms with Crippen molar-refractivity contribution in [3.63, 3.8) is 0 Å². The number of fused-ring (bicyclic) bond motifs is 1. The summed E-state index contributed by atoms with van der Waals surface area (Å²) < 4.78 is 0. The van der Waals surface area contributed by atoms with Gasteiger partial charge in [-0.1, -0.05) is 25.0 Å². The molecule has 1 aromatic carbocycles. The molecule has 1 unspecified atom stereocenters. The van der Waals surface area contributed by atoms with Gasteiger partial charge in [0.25, 0.3) is 17.7 Å². The molecule has 0 aliphatic carbocycles. The Bertz CT molecular complexity index is 2250. The smallest absolute Gasteiger partial charge is 0.263 e. The summed E-state index contributed by atoms with van der Waals surface area (Å²) >= 11 is 1.22. The fraction of sp³-hybridized carbons (Fsp3) is 0.468. The SMILES string of the molecule is O=C(/C=C/c1cccnc1)NCCCCC1CCN(C(=O)c2ccc(N3CCC(N4CCN(C(=O)CSc5cccc6c5C(=O)N(C5CCC(=O)NC5=O)C6=O)CC4)CC3)nc2)CC1. The van der Waals surface area contributed by atoms with E-state index in [4.69, 9.17) is 4.98 Å². The monoisotopic (exact) mass is 889 g/mol. The van der Waals surface area contributed by atoms with Crippen molar-refractivity contribution in [2.24, 2.45) is 5.92 Å². The topological polar surface area (TPSA) is 186 Å². The van der Waals surface area contributed by atoms with E-state index in [2.05, 4.69) is 25.4 Å². The van der Waals surface area contributed by atoms with Crippen LogP contribution in [-0.2, 0) is 19.2 Å². The Hall–Kier alpha value is -5.94. The van der Waals surface area contributed by atoms with Crippen LogP contribution in [0, 0.1) is 5.92 Å². The zero-order chi connectivity index (χ0) is 44.6. The highest BCUT2D eigenvalue weighted by Crippen LogP contribution is 2.35. The number of hydrogen-bond donors (Lipinski definition) is 2. The van der Waals surface area contributed by atoms with Crippen LogP contribution in [-0.4, -0.2) is 148 Å². The minimum absolute atomic E-state index is 0.0306. The van der Waals surface area contributed by atoms with E-state index in [0.29, 0.717) is 42.1 Å². The number of thioether (sulfide) groups is 1. The van der Waals surface area contributed by atoms with Gasteiger partial charge >= 0.3 is 0 Å². The van der Waals surface area contributed by atoms with Gasteiger partial charge in [-0.3, -0.25) is 53.7 Å². The lowest BCUT2D eigenvalue weighted by Crippen LogP contribution is -2.54. The largest absolute Gasteiger partial charge is 0.357 e. The number of anilines is 1. The first-order valence-electron chi connectivity index (χ1n) is 22.5. The van der Waals surface area contributed by atoms with E-state index >= 15 is 0 Å². The Kier molecular flexibility index (Phi) is 14.4. The summed E-state index contributed by atoms with van der Waals surface area (Å²) in [5.41, 5.74) is 1.91. The molecule has 7 heterocycles. The molecule has 0 radical (unpaired) electrons. The normalized spacial score (nSPS) is 20.2. The number of aromatic nitrogens is 2. The highest BCUT2D eigenvalue weighted by molar-refractivity contribution is 8.00. The number of carbonyl (C=O) groups excluding carboxylic acids is 7. The van der Waals surface area contributed by atoms with E-state index < -0.39 is 29.7 Å². The molecule has 0 bridgehead atoms. The predicted octanol–water partition coefficient (Wildman–Crippen LogP) is 3.64. The van der Waals surface area contributed by atoms with Crippen molar-refractivity contribution in [1.29, 1.82) is 0 Å². The number of rotatable bonds is 14. The molecule has 3 aromatic rings. The van der Waals surface area contributed by atoms with Crippen molar-refractivity contribution in [3.8, 4) is 0 Å². The number of nitrogens with one attached hydrogen (secondary N) is 2. The number of hydrogen-bond acceptors (Lipinski definition) is 12. The maximum absolute atomic E-state index is 13.5. The van der Waals surface area contributed by atoms with Gasteiger partial charge < -0.3 is 20.0 Å². The number of unbranched alkanes of at least 4 members (excludes halogenated alkanes) is 1. The lowest BCUT2D eigenvalue weighted by molar-refractivity contribution is -0.136. The van der Waals surface area contributed by atoms with E-state index in [-0.39, 0.29) is 47.4 Å². The van der Waals surface area contributed by atoms with Gasteiger partial charge in [0.15, 0.2) is 0 Å². The summed E-state index contributed by atoms with van der Waals surface area (Å²) in [5.74, 6) is -0.759. The molecule has 64 heavy (non-hydrogen) atoms. The molecule has 0 saturated carbocycles. The number of pyridine rings is 2. The summed E-state index contributed by atoms with van der Waals surface area (Å²) in [6, 6.07) is 11.9. The van der Waals surface area contributed by atoms with Crippen molar-refractivity contribution in [2.45, 2.75) is 74.8 Å². The Morgan fingerprint density at radius 1 is 0.812 bits per heavy atom. The third-order valence-electron chi connectivity index (χ3n) is 13.1. The van der Waals surface area contributed by atoms with Crippen LogP contribution in [0.1, 0.15) is 94.4 Å². The quantitative estimate of drug-likeness (QED) is 0.104. The minimum atomic E-state index is -1.04. The molecule has 5 aliphatic rings. The number of carbonyl (C=O) groups is 7. The summed E-state index contributed by atoms with van der Waals surface area (Å²) in [5, 5.41) is 5.17. The first kappa shape index (κ1) is 44.7. The molecule has 5 aliphatic heterocycles. The maximum Gasteiger partial charge on any atom is 0.263 e. The van der Waals surface area contributed by atoms with Crippen LogP contribution < -0.4 is 15.5 Å². The van der Waals surface area contributed by atoms with E-state index in [1.165, 1.54) is 17.8 Å². The molecule has 1 atom stereocenters. The van der Waals surface area contributed by atoms with Crippen LogP contribution in [0.25, 0.3) is 6.08 Å². The average molecular weight is 890 g/mol. The van der Waals surface area contributed by atoms with E-state index in [1.807, 2.05) is 34.1 Å². The molecule has 4 saturated heterocycles. The summed E-state index contributed by atoms with van der Waals surface area (Å²) in [4.78, 5) is 108. The number of likely N-dealkylation sites (tertiary alicyclic amines) is 1. The standard InChI is InChI=1S/C47H55N9O7S/c57-40(13-9-33-6-4-19-48-29-33)49-20-2-1-5-32-15-21-55(22-16-32)45(61)34-10-12-39(50-30-34)53-23-17-35(18-24-53)52-25-27-54(28-26-52)42(59)31-64-38-8-3-7-36-43(38)47(63)56(46(36)62)37-11-14-41(58)51-44(37)60/h3-4,6-10,12-13,19,29-30,32,35,37H,1-2,5,11,14-18,20-28,31H2,(H,49,57)(H,51,58,60)/b13-9+. The number of imide groups is 2. The zero-order valence-corrected chi connectivity index (χ0v) is 36.8. The molecular weight excluding hydrogens is 835 g/mol. The highest BCUT2D eigenvalue weighted by Gasteiger charge is 2.45. The number of benzene rings is 1. The van der Waals surface area contributed by atoms with Crippen molar-refractivity contribution < 1.29 is 33.6 Å². The van der Waals surface area contributed by atoms with Crippen LogP contribution in [0.15, 0.2) is 72.0 Å². The minimum Gasteiger partial charge on any atom is -0.357 e. The van der Waals surface area contributed by atoms with Gasteiger partial charge in [-0.25, -0.2) is 4.98 Å². The van der Waals surface area contributed by atoms with E-state index in [0.717, 1.165) is 100 Å². The lowest BCUT2D eigenvalue weighted by Gasteiger charge is -2.43. The average Bonchev–Trinajstić information content (AvgIpc) is 3.59. The number of piperidine rings is 3. The van der Waals surface area contributed by atoms with Gasteiger partial charge in [-0.2, -0.15) is 0 Å². The first-order chi connectivity index (χ1) is 31.1. The number of nitrogens with zero attached hydrogens (tertiary/aromatic N) is 7. The highest BCUT2D eigenvalue weighted by atomic mass is 32.2. The van der Waals surface area contributed by atoms with Crippen LogP contribution in [0.3, 0.4) is 0 Å². The third kappa shape index (κ3) is 10.5. The van der Waals surface area contributed by atoms with Crippen molar-refractivity contribution >= 4 is 65.0 Å². The summed E-state index contributed by atoms with van der Waals surface area (Å²) in [7, 11) is 0. The van der Waals surface area contributed by atoms with Crippen LogP contribution in [0.5, 0.6) is 0 Å². The molecule has 7 amide bonds. The first-order valence-corrected chi connectivity index (χ1v) is 23.5. The second kappa shape index (κ2) is 20.7. The zero-order valence-electron chi connectivity index (χ0n) is 36.0. The molecule has 17 heteroatoms. The Morgan fingerprint density at radius 3 is 2.33 bits per heavy atom.